The van der Waals surface area contributed by atoms with Crippen LogP contribution in [0.15, 0.2) is 0 Å². The molecule has 12 heavy (non-hydrogen) atoms. The van der Waals surface area contributed by atoms with Gasteiger partial charge in [0, 0.05) is 8.77 Å². The standard InChI is InChI=1S/2C2H4OS2.K.Na/c2*1-3-2(4)5;;/h2*1H3,(H,4,5);;/q;;2*+1/p-2. The van der Waals surface area contributed by atoms with Crippen molar-refractivity contribution in [2.24, 2.45) is 0 Å². The van der Waals surface area contributed by atoms with Gasteiger partial charge in [0.25, 0.3) is 0 Å². The largest absolute Gasteiger partial charge is 1.00 e. The van der Waals surface area contributed by atoms with E-state index < -0.39 is 0 Å². The van der Waals surface area contributed by atoms with E-state index in [1.54, 1.807) is 0 Å². The van der Waals surface area contributed by atoms with E-state index in [0.717, 1.165) is 0 Å². The molecule has 0 atom stereocenters. The molecule has 0 aromatic heterocycles. The molecule has 0 aliphatic carbocycles. The summed E-state index contributed by atoms with van der Waals surface area (Å²) in [6.07, 6.45) is 0. The molecule has 0 amide bonds. The van der Waals surface area contributed by atoms with Crippen LogP contribution in [-0.2, 0) is 34.7 Å². The van der Waals surface area contributed by atoms with Crippen LogP contribution in [0, 0.1) is 0 Å². The summed E-state index contributed by atoms with van der Waals surface area (Å²) in [5, 5.41) is 0. The average molecular weight is 276 g/mol. The molecule has 0 aliphatic rings. The Bertz CT molecular complexity index is 110. The van der Waals surface area contributed by atoms with Crippen LogP contribution in [0.2, 0.25) is 0 Å². The van der Waals surface area contributed by atoms with Gasteiger partial charge in [-0.25, -0.2) is 0 Å². The molecule has 0 bridgehead atoms. The van der Waals surface area contributed by atoms with Gasteiger partial charge >= 0.3 is 80.9 Å². The maximum Gasteiger partial charge on any atom is 1.00 e. The number of hydrogen-bond donors (Lipinski definition) is 0. The summed E-state index contributed by atoms with van der Waals surface area (Å²) in [4.78, 5) is 0. The van der Waals surface area contributed by atoms with E-state index in [9.17, 15) is 0 Å². The summed E-state index contributed by atoms with van der Waals surface area (Å²) in [7, 11) is 2.91. The molecule has 60 valence electrons. The first kappa shape index (κ1) is 24.2. The molecule has 2 nitrogen and oxygen atoms in total. The van der Waals surface area contributed by atoms with Crippen molar-refractivity contribution in [1.29, 1.82) is 0 Å². The van der Waals surface area contributed by atoms with Crippen LogP contribution in [0.4, 0.5) is 0 Å². The Hall–Kier alpha value is 2.86. The minimum absolute atomic E-state index is 0. The van der Waals surface area contributed by atoms with Gasteiger partial charge in [-0.05, 0) is 0 Å². The molecule has 0 saturated heterocycles. The molecular weight excluding hydrogens is 270 g/mol. The Morgan fingerprint density at radius 2 is 1.08 bits per heavy atom. The van der Waals surface area contributed by atoms with Crippen molar-refractivity contribution in [1.82, 2.24) is 0 Å². The third kappa shape index (κ3) is 38.4. The molecule has 0 aromatic rings. The fourth-order valence-corrected chi connectivity index (χ4v) is 0. The zero-order valence-electron chi connectivity index (χ0n) is 7.45. The SMILES string of the molecule is COC(=S)[S-].COC(=S)[S-].[K+].[Na+]. The number of hydrogen-bond acceptors (Lipinski definition) is 6. The second-order valence-electron chi connectivity index (χ2n) is 0.908. The predicted molar refractivity (Wildman–Crippen MR) is 53.9 cm³/mol. The van der Waals surface area contributed by atoms with Gasteiger partial charge in [0.05, 0.1) is 14.2 Å². The summed E-state index contributed by atoms with van der Waals surface area (Å²) >= 11 is 17.2. The van der Waals surface area contributed by atoms with Crippen molar-refractivity contribution in [2.75, 3.05) is 14.2 Å². The van der Waals surface area contributed by atoms with Crippen molar-refractivity contribution in [3.8, 4) is 0 Å². The van der Waals surface area contributed by atoms with E-state index in [-0.39, 0.29) is 89.7 Å². The van der Waals surface area contributed by atoms with Crippen LogP contribution in [-0.4, -0.2) is 23.0 Å². The zero-order chi connectivity index (χ0) is 8.57. The molecule has 0 fully saturated rings. The molecule has 0 saturated carbocycles. The minimum atomic E-state index is 0. The van der Waals surface area contributed by atoms with Crippen LogP contribution < -0.4 is 80.9 Å². The number of methoxy groups -OCH3 is 2. The zero-order valence-corrected chi connectivity index (χ0v) is 15.8. The van der Waals surface area contributed by atoms with E-state index >= 15 is 0 Å². The van der Waals surface area contributed by atoms with Crippen LogP contribution in [0.5, 0.6) is 0 Å². The van der Waals surface area contributed by atoms with Crippen LogP contribution in [0.1, 0.15) is 0 Å². The molecule has 0 unspecified atom stereocenters. The molecule has 8 heteroatoms. The van der Waals surface area contributed by atoms with E-state index in [2.05, 4.69) is 59.2 Å². The first-order valence-electron chi connectivity index (χ1n) is 2.04. The molecule has 0 N–H and O–H groups in total. The van der Waals surface area contributed by atoms with Gasteiger partial charge in [0.1, 0.15) is 0 Å². The van der Waals surface area contributed by atoms with Crippen molar-refractivity contribution in [2.45, 2.75) is 0 Å². The molecule has 0 aliphatic heterocycles. The molecule has 0 aromatic carbocycles. The molecule has 0 radical (unpaired) electrons. The van der Waals surface area contributed by atoms with Gasteiger partial charge in [0.15, 0.2) is 0 Å². The normalized spacial score (nSPS) is 5.50. The van der Waals surface area contributed by atoms with Crippen molar-refractivity contribution in [3.05, 3.63) is 0 Å². The van der Waals surface area contributed by atoms with E-state index in [1.807, 2.05) is 0 Å². The van der Waals surface area contributed by atoms with Crippen LogP contribution >= 0.6 is 24.4 Å². The van der Waals surface area contributed by atoms with Crippen molar-refractivity contribution < 1.29 is 90.4 Å². The molecule has 0 rings (SSSR count). The first-order valence-corrected chi connectivity index (χ1v) is 3.67. The Balaban J connectivity index is -0.0000000457. The van der Waals surface area contributed by atoms with Gasteiger partial charge in [-0.2, -0.15) is 0 Å². The van der Waals surface area contributed by atoms with Gasteiger partial charge in [-0.3, -0.25) is 0 Å². The van der Waals surface area contributed by atoms with Crippen molar-refractivity contribution in [3.63, 3.8) is 0 Å². The summed E-state index contributed by atoms with van der Waals surface area (Å²) in [5.41, 5.74) is 0. The summed E-state index contributed by atoms with van der Waals surface area (Å²) in [6.45, 7) is 0. The number of thiocarbonyl (C=S) groups is 2. The quantitative estimate of drug-likeness (QED) is 0.249. The van der Waals surface area contributed by atoms with Crippen molar-refractivity contribution >= 4 is 58.5 Å². The summed E-state index contributed by atoms with van der Waals surface area (Å²) < 4.78 is 8.94. The predicted octanol–water partition coefficient (Wildman–Crippen LogP) is -5.06. The molecular formula is C4H6KNaO2S4. The van der Waals surface area contributed by atoms with Gasteiger partial charge in [0.2, 0.25) is 0 Å². The minimum Gasteiger partial charge on any atom is -0.517 e. The second-order valence-corrected chi connectivity index (χ2v) is 2.91. The Kier molecular flexibility index (Phi) is 39.2. The summed E-state index contributed by atoms with van der Waals surface area (Å²) in [6, 6.07) is 0. The van der Waals surface area contributed by atoms with Gasteiger partial charge in [-0.1, -0.05) is 0 Å². The van der Waals surface area contributed by atoms with Crippen LogP contribution in [0.25, 0.3) is 0 Å². The second kappa shape index (κ2) is 19.4. The maximum absolute atomic E-state index is 4.30. The monoisotopic (exact) mass is 276 g/mol. The van der Waals surface area contributed by atoms with Gasteiger partial charge in [-0.15, -0.1) is 0 Å². The summed E-state index contributed by atoms with van der Waals surface area (Å²) in [5.74, 6) is 0. The molecule has 0 spiro atoms. The maximum atomic E-state index is 4.30. The number of ether oxygens (including phenoxy) is 2. The third-order valence-electron chi connectivity index (χ3n) is 0.333. The average Bonchev–Trinajstić information content (AvgIpc) is 1.89. The van der Waals surface area contributed by atoms with E-state index in [1.165, 1.54) is 14.2 Å². The molecule has 0 heterocycles. The van der Waals surface area contributed by atoms with Gasteiger partial charge < -0.3 is 59.2 Å². The first-order chi connectivity index (χ1) is 4.54. The van der Waals surface area contributed by atoms with E-state index in [4.69, 9.17) is 0 Å². The Morgan fingerprint density at radius 3 is 1.08 bits per heavy atom. The smallest absolute Gasteiger partial charge is 0.517 e. The Labute approximate surface area is 159 Å². The Morgan fingerprint density at radius 1 is 1.00 bits per heavy atom. The third-order valence-corrected chi connectivity index (χ3v) is 1.00. The fourth-order valence-electron chi connectivity index (χ4n) is 0. The van der Waals surface area contributed by atoms with E-state index in [0.29, 0.717) is 0 Å². The van der Waals surface area contributed by atoms with Crippen LogP contribution in [0.3, 0.4) is 0 Å². The fraction of sp³-hybridized carbons (Fsp3) is 0.500. The topological polar surface area (TPSA) is 18.5 Å². The number of rotatable bonds is 0.